The second-order valence-electron chi connectivity index (χ2n) is 7.24. The predicted octanol–water partition coefficient (Wildman–Crippen LogP) is 3.65. The van der Waals surface area contributed by atoms with Gasteiger partial charge in [-0.25, -0.2) is 0 Å². The van der Waals surface area contributed by atoms with Gasteiger partial charge < -0.3 is 0 Å². The van der Waals surface area contributed by atoms with Crippen LogP contribution in [0.4, 0.5) is 0 Å². The lowest BCUT2D eigenvalue weighted by molar-refractivity contribution is 0.0103. The molecule has 2 aromatic carbocycles. The van der Waals surface area contributed by atoms with E-state index in [2.05, 4.69) is 66.1 Å². The number of rotatable bonds is 4. The Balaban J connectivity index is 1.64. The van der Waals surface area contributed by atoms with Gasteiger partial charge in [-0.2, -0.15) is 5.26 Å². The summed E-state index contributed by atoms with van der Waals surface area (Å²) >= 11 is 0. The summed E-state index contributed by atoms with van der Waals surface area (Å²) in [6.07, 6.45) is 0. The van der Waals surface area contributed by atoms with E-state index in [0.717, 1.165) is 38.3 Å². The van der Waals surface area contributed by atoms with Crippen molar-refractivity contribution in [1.82, 2.24) is 9.80 Å². The Morgan fingerprint density at radius 3 is 2.42 bits per heavy atom. The molecule has 1 saturated heterocycles. The molecule has 0 unspecified atom stereocenters. The second-order valence-corrected chi connectivity index (χ2v) is 7.24. The number of piperazine rings is 1. The first-order chi connectivity index (χ1) is 11.6. The van der Waals surface area contributed by atoms with Gasteiger partial charge in [-0.15, -0.1) is 0 Å². The van der Waals surface area contributed by atoms with Gasteiger partial charge in [0, 0.05) is 38.3 Å². The third-order valence-electron chi connectivity index (χ3n) is 4.83. The van der Waals surface area contributed by atoms with Crippen molar-refractivity contribution in [2.75, 3.05) is 19.6 Å². The van der Waals surface area contributed by atoms with Gasteiger partial charge in [-0.05, 0) is 37.1 Å². The molecule has 3 nitrogen and oxygen atoms in total. The van der Waals surface area contributed by atoms with Gasteiger partial charge in [0.2, 0.25) is 0 Å². The molecule has 0 radical (unpaired) electrons. The molecular weight excluding hydrogens is 294 g/mol. The van der Waals surface area contributed by atoms with Crippen molar-refractivity contribution < 1.29 is 0 Å². The molecule has 0 bridgehead atoms. The normalized spacial score (nSPS) is 18.2. The van der Waals surface area contributed by atoms with Crippen LogP contribution in [0.5, 0.6) is 0 Å². The summed E-state index contributed by atoms with van der Waals surface area (Å²) in [5, 5.41) is 9.06. The lowest BCUT2D eigenvalue weighted by atomic mass is 9.97. The first-order valence-corrected chi connectivity index (χ1v) is 8.57. The minimum absolute atomic E-state index is 0.140. The van der Waals surface area contributed by atoms with Crippen molar-refractivity contribution in [2.24, 2.45) is 0 Å². The maximum Gasteiger partial charge on any atom is 0.0991 e. The van der Waals surface area contributed by atoms with Crippen LogP contribution in [0.25, 0.3) is 0 Å². The van der Waals surface area contributed by atoms with E-state index < -0.39 is 0 Å². The third kappa shape index (κ3) is 4.03. The maximum atomic E-state index is 9.06. The van der Waals surface area contributed by atoms with Gasteiger partial charge in [0.05, 0.1) is 11.6 Å². The fourth-order valence-electron chi connectivity index (χ4n) is 3.52. The summed E-state index contributed by atoms with van der Waals surface area (Å²) in [7, 11) is 0. The van der Waals surface area contributed by atoms with Gasteiger partial charge in [0.25, 0.3) is 0 Å². The fourth-order valence-corrected chi connectivity index (χ4v) is 3.52. The minimum atomic E-state index is 0.140. The van der Waals surface area contributed by atoms with Crippen molar-refractivity contribution in [3.63, 3.8) is 0 Å². The Kier molecular flexibility index (Phi) is 4.99. The van der Waals surface area contributed by atoms with Crippen molar-refractivity contribution in [3.8, 4) is 6.07 Å². The zero-order valence-corrected chi connectivity index (χ0v) is 14.6. The Hall–Kier alpha value is -2.15. The van der Waals surface area contributed by atoms with Crippen LogP contribution in [0.15, 0.2) is 54.6 Å². The van der Waals surface area contributed by atoms with Gasteiger partial charge >= 0.3 is 0 Å². The summed E-state index contributed by atoms with van der Waals surface area (Å²) in [5.41, 5.74) is 3.48. The van der Waals surface area contributed by atoms with Crippen molar-refractivity contribution in [1.29, 1.82) is 5.26 Å². The van der Waals surface area contributed by atoms with Gasteiger partial charge in [0.1, 0.15) is 0 Å². The second kappa shape index (κ2) is 7.17. The summed E-state index contributed by atoms with van der Waals surface area (Å²) in [4.78, 5) is 5.07. The smallest absolute Gasteiger partial charge is 0.0991 e. The summed E-state index contributed by atoms with van der Waals surface area (Å²) in [6.45, 7) is 9.74. The number of benzene rings is 2. The van der Waals surface area contributed by atoms with E-state index in [9.17, 15) is 0 Å². The predicted molar refractivity (Wildman–Crippen MR) is 97.4 cm³/mol. The molecule has 24 heavy (non-hydrogen) atoms. The average molecular weight is 319 g/mol. The Morgan fingerprint density at radius 2 is 1.71 bits per heavy atom. The Bertz CT molecular complexity index is 715. The third-order valence-corrected chi connectivity index (χ3v) is 4.83. The highest BCUT2D eigenvalue weighted by atomic mass is 15.3. The van der Waals surface area contributed by atoms with Crippen molar-refractivity contribution >= 4 is 0 Å². The molecule has 1 fully saturated rings. The van der Waals surface area contributed by atoms with Gasteiger partial charge in [-0.3, -0.25) is 9.80 Å². The molecule has 2 aromatic rings. The lowest BCUT2D eigenvalue weighted by Gasteiger charge is -2.47. The van der Waals surface area contributed by atoms with Crippen LogP contribution in [-0.4, -0.2) is 35.0 Å². The van der Waals surface area contributed by atoms with Crippen LogP contribution >= 0.6 is 0 Å². The fraction of sp³-hybridized carbons (Fsp3) is 0.381. The van der Waals surface area contributed by atoms with Crippen LogP contribution in [0.1, 0.15) is 30.5 Å². The van der Waals surface area contributed by atoms with E-state index in [4.69, 9.17) is 5.26 Å². The van der Waals surface area contributed by atoms with Crippen molar-refractivity contribution in [2.45, 2.75) is 32.5 Å². The lowest BCUT2D eigenvalue weighted by Crippen LogP contribution is -2.58. The molecule has 124 valence electrons. The summed E-state index contributed by atoms with van der Waals surface area (Å²) < 4.78 is 0. The number of hydrogen-bond acceptors (Lipinski definition) is 3. The highest BCUT2D eigenvalue weighted by molar-refractivity contribution is 5.32. The summed E-state index contributed by atoms with van der Waals surface area (Å²) in [5.74, 6) is 0. The van der Waals surface area contributed by atoms with Gasteiger partial charge in [-0.1, -0.05) is 42.5 Å². The molecule has 1 heterocycles. The molecular formula is C21H25N3. The van der Waals surface area contributed by atoms with E-state index in [0.29, 0.717) is 0 Å². The Morgan fingerprint density at radius 1 is 0.958 bits per heavy atom. The van der Waals surface area contributed by atoms with Gasteiger partial charge in [0.15, 0.2) is 0 Å². The molecule has 3 rings (SSSR count). The molecule has 0 saturated carbocycles. The van der Waals surface area contributed by atoms with E-state index >= 15 is 0 Å². The largest absolute Gasteiger partial charge is 0.296 e. The zero-order valence-electron chi connectivity index (χ0n) is 14.6. The quantitative estimate of drug-likeness (QED) is 0.861. The summed E-state index contributed by atoms with van der Waals surface area (Å²) in [6, 6.07) is 20.9. The van der Waals surface area contributed by atoms with Crippen LogP contribution < -0.4 is 0 Å². The molecule has 3 heteroatoms. The zero-order chi connectivity index (χ0) is 17.0. The van der Waals surface area contributed by atoms with E-state index in [-0.39, 0.29) is 5.54 Å². The topological polar surface area (TPSA) is 30.3 Å². The molecule has 0 spiro atoms. The highest BCUT2D eigenvalue weighted by Gasteiger charge is 2.33. The molecule has 0 aromatic heterocycles. The number of hydrogen-bond donors (Lipinski definition) is 0. The van der Waals surface area contributed by atoms with E-state index in [1.54, 1.807) is 0 Å². The van der Waals surface area contributed by atoms with E-state index in [1.807, 2.05) is 18.2 Å². The van der Waals surface area contributed by atoms with Crippen LogP contribution in [0.2, 0.25) is 0 Å². The molecule has 1 aliphatic rings. The molecule has 0 atom stereocenters. The number of nitrogens with zero attached hydrogens (tertiary/aromatic N) is 3. The van der Waals surface area contributed by atoms with Crippen molar-refractivity contribution in [3.05, 3.63) is 71.3 Å². The SMILES string of the molecule is CC1(C)CN(Cc2cccc(C#N)c2)CCN1Cc1ccccc1. The first-order valence-electron chi connectivity index (χ1n) is 8.57. The minimum Gasteiger partial charge on any atom is -0.296 e. The number of nitriles is 1. The molecule has 0 N–H and O–H groups in total. The average Bonchev–Trinajstić information content (AvgIpc) is 2.58. The van der Waals surface area contributed by atoms with Crippen LogP contribution in [0, 0.1) is 11.3 Å². The molecule has 1 aliphatic heterocycles. The standard InChI is InChI=1S/C21H25N3/c1-21(2)17-23(15-20-10-6-9-19(13-20)14-22)11-12-24(21)16-18-7-4-3-5-8-18/h3-10,13H,11-12,15-17H2,1-2H3. The first kappa shape index (κ1) is 16.7. The Labute approximate surface area is 145 Å². The van der Waals surface area contributed by atoms with Crippen LogP contribution in [-0.2, 0) is 13.1 Å². The van der Waals surface area contributed by atoms with E-state index in [1.165, 1.54) is 11.1 Å². The molecule has 0 aliphatic carbocycles. The maximum absolute atomic E-state index is 9.06. The van der Waals surface area contributed by atoms with Crippen LogP contribution in [0.3, 0.4) is 0 Å². The highest BCUT2D eigenvalue weighted by Crippen LogP contribution is 2.24. The monoisotopic (exact) mass is 319 g/mol. The molecule has 0 amide bonds.